The highest BCUT2D eigenvalue weighted by Crippen LogP contribution is 2.27. The summed E-state index contributed by atoms with van der Waals surface area (Å²) in [5.74, 6) is 0.796. The molecule has 0 unspecified atom stereocenters. The quantitative estimate of drug-likeness (QED) is 0.316. The summed E-state index contributed by atoms with van der Waals surface area (Å²) < 4.78 is 1.98. The fourth-order valence-electron chi connectivity index (χ4n) is 2.86. The van der Waals surface area contributed by atoms with E-state index in [2.05, 4.69) is 20.5 Å². The van der Waals surface area contributed by atoms with Crippen LogP contribution in [0.15, 0.2) is 59.1 Å². The van der Waals surface area contributed by atoms with Crippen LogP contribution in [0.2, 0.25) is 10.0 Å². The number of hydrogen-bond donors (Lipinski definition) is 1. The molecule has 1 amide bonds. The first-order chi connectivity index (χ1) is 15.0. The second-order valence-corrected chi connectivity index (χ2v) is 9.11. The first kappa shape index (κ1) is 21.8. The average molecular weight is 490 g/mol. The predicted octanol–water partition coefficient (Wildman–Crippen LogP) is 6.13. The van der Waals surface area contributed by atoms with Crippen LogP contribution in [0.25, 0.3) is 22.6 Å². The number of nitrogens with zero attached hydrogens (tertiary/aromatic N) is 4. The van der Waals surface area contributed by atoms with Crippen LogP contribution in [0, 0.1) is 0 Å². The molecule has 0 atom stereocenters. The Bertz CT molecular complexity index is 1190. The molecule has 6 nitrogen and oxygen atoms in total. The lowest BCUT2D eigenvalue weighted by molar-refractivity contribution is -0.113. The smallest absolute Gasteiger partial charge is 0.236 e. The average Bonchev–Trinajstić information content (AvgIpc) is 3.40. The molecule has 0 saturated carbocycles. The van der Waals surface area contributed by atoms with Gasteiger partial charge in [0.1, 0.15) is 0 Å². The van der Waals surface area contributed by atoms with Crippen molar-refractivity contribution < 1.29 is 4.79 Å². The monoisotopic (exact) mass is 489 g/mol. The molecule has 4 aromatic rings. The maximum Gasteiger partial charge on any atom is 0.236 e. The highest BCUT2D eigenvalue weighted by atomic mass is 35.5. The zero-order valence-corrected chi connectivity index (χ0v) is 19.5. The van der Waals surface area contributed by atoms with E-state index in [1.807, 2.05) is 65.4 Å². The van der Waals surface area contributed by atoms with E-state index in [4.69, 9.17) is 23.2 Å². The number of anilines is 1. The molecule has 0 aliphatic rings. The Hall–Kier alpha value is -2.39. The van der Waals surface area contributed by atoms with Crippen molar-refractivity contribution in [2.24, 2.45) is 0 Å². The summed E-state index contributed by atoms with van der Waals surface area (Å²) >= 11 is 14.6. The molecule has 1 N–H and O–H groups in total. The van der Waals surface area contributed by atoms with Gasteiger partial charge in [-0.05, 0) is 43.3 Å². The predicted molar refractivity (Wildman–Crippen MR) is 128 cm³/mol. The molecule has 0 aliphatic heterocycles. The van der Waals surface area contributed by atoms with Gasteiger partial charge in [-0.1, -0.05) is 47.1 Å². The maximum atomic E-state index is 12.4. The molecule has 0 bridgehead atoms. The molecule has 10 heteroatoms. The van der Waals surface area contributed by atoms with Gasteiger partial charge in [0, 0.05) is 33.1 Å². The SMILES string of the molecule is CCn1c(SCC(=O)Nc2nc(-c3ccc(Cl)cc3)cs2)nnc1-c1ccc(Cl)cc1. The first-order valence-corrected chi connectivity index (χ1v) is 12.0. The molecule has 0 fully saturated rings. The van der Waals surface area contributed by atoms with Gasteiger partial charge < -0.3 is 9.88 Å². The number of hydrogen-bond acceptors (Lipinski definition) is 6. The number of carbonyl (C=O) groups is 1. The third-order valence-corrected chi connectivity index (χ3v) is 6.59. The number of amides is 1. The summed E-state index contributed by atoms with van der Waals surface area (Å²) in [5.41, 5.74) is 2.66. The van der Waals surface area contributed by atoms with E-state index in [0.717, 1.165) is 22.6 Å². The largest absolute Gasteiger partial charge is 0.302 e. The second kappa shape index (κ2) is 9.82. The molecule has 0 spiro atoms. The minimum absolute atomic E-state index is 0.152. The molecule has 2 aromatic heterocycles. The van der Waals surface area contributed by atoms with Gasteiger partial charge in [0.25, 0.3) is 0 Å². The van der Waals surface area contributed by atoms with E-state index in [1.54, 1.807) is 0 Å². The van der Waals surface area contributed by atoms with Crippen LogP contribution in [0.3, 0.4) is 0 Å². The van der Waals surface area contributed by atoms with E-state index < -0.39 is 0 Å². The molecule has 4 rings (SSSR count). The van der Waals surface area contributed by atoms with Gasteiger partial charge in [-0.15, -0.1) is 21.5 Å². The number of carbonyl (C=O) groups excluding carboxylic acids is 1. The van der Waals surface area contributed by atoms with Gasteiger partial charge in [0.15, 0.2) is 16.1 Å². The lowest BCUT2D eigenvalue weighted by Crippen LogP contribution is -2.14. The van der Waals surface area contributed by atoms with Crippen LogP contribution in [-0.2, 0) is 11.3 Å². The second-order valence-electron chi connectivity index (χ2n) is 6.44. The number of halogens is 2. The Labute approximate surface area is 197 Å². The maximum absolute atomic E-state index is 12.4. The fourth-order valence-corrected chi connectivity index (χ4v) is 4.65. The first-order valence-electron chi connectivity index (χ1n) is 9.36. The Morgan fingerprint density at radius 1 is 1.03 bits per heavy atom. The summed E-state index contributed by atoms with van der Waals surface area (Å²) in [5, 5.41) is 15.9. The van der Waals surface area contributed by atoms with Crippen LogP contribution in [0.1, 0.15) is 6.92 Å². The Morgan fingerprint density at radius 2 is 1.68 bits per heavy atom. The van der Waals surface area contributed by atoms with Crippen LogP contribution < -0.4 is 5.32 Å². The summed E-state index contributed by atoms with van der Waals surface area (Å²) in [6.45, 7) is 2.70. The highest BCUT2D eigenvalue weighted by molar-refractivity contribution is 7.99. The van der Waals surface area contributed by atoms with Gasteiger partial charge in [-0.25, -0.2) is 4.98 Å². The van der Waals surface area contributed by atoms with Crippen molar-refractivity contribution in [3.63, 3.8) is 0 Å². The summed E-state index contributed by atoms with van der Waals surface area (Å²) in [7, 11) is 0. The van der Waals surface area contributed by atoms with Crippen molar-refractivity contribution in [3.05, 3.63) is 64.0 Å². The van der Waals surface area contributed by atoms with Crippen LogP contribution in [-0.4, -0.2) is 31.4 Å². The number of benzene rings is 2. The molecule has 158 valence electrons. The Morgan fingerprint density at radius 3 is 2.32 bits per heavy atom. The van der Waals surface area contributed by atoms with E-state index in [0.29, 0.717) is 26.9 Å². The molecule has 0 radical (unpaired) electrons. The van der Waals surface area contributed by atoms with E-state index in [9.17, 15) is 4.79 Å². The number of thiazole rings is 1. The molecular formula is C21H17Cl2N5OS2. The van der Waals surface area contributed by atoms with Crippen molar-refractivity contribution in [2.45, 2.75) is 18.6 Å². The van der Waals surface area contributed by atoms with Crippen molar-refractivity contribution >= 4 is 57.3 Å². The lowest BCUT2D eigenvalue weighted by atomic mass is 10.2. The molecule has 2 aromatic carbocycles. The molecule has 2 heterocycles. The van der Waals surface area contributed by atoms with Crippen LogP contribution in [0.5, 0.6) is 0 Å². The molecule has 31 heavy (non-hydrogen) atoms. The standard InChI is InChI=1S/C21H17Cl2N5OS2/c1-2-28-19(14-5-9-16(23)10-6-14)26-27-21(28)31-12-18(29)25-20-24-17(11-30-20)13-3-7-15(22)8-4-13/h3-11H,2,12H2,1H3,(H,24,25,29). The fraction of sp³-hybridized carbons (Fsp3) is 0.143. The minimum Gasteiger partial charge on any atom is -0.302 e. The van der Waals surface area contributed by atoms with Gasteiger partial charge in [-0.2, -0.15) is 0 Å². The van der Waals surface area contributed by atoms with Crippen molar-refractivity contribution in [1.82, 2.24) is 19.7 Å². The van der Waals surface area contributed by atoms with Gasteiger partial charge in [0.05, 0.1) is 11.4 Å². The van der Waals surface area contributed by atoms with Gasteiger partial charge >= 0.3 is 0 Å². The van der Waals surface area contributed by atoms with E-state index in [1.165, 1.54) is 23.1 Å². The van der Waals surface area contributed by atoms with Gasteiger partial charge in [-0.3, -0.25) is 4.79 Å². The summed E-state index contributed by atoms with van der Waals surface area (Å²) in [6.07, 6.45) is 0. The van der Waals surface area contributed by atoms with E-state index >= 15 is 0 Å². The zero-order chi connectivity index (χ0) is 21.8. The normalized spacial score (nSPS) is 10.9. The molecule has 0 saturated heterocycles. The molecule has 0 aliphatic carbocycles. The minimum atomic E-state index is -0.152. The number of nitrogens with one attached hydrogen (secondary N) is 1. The summed E-state index contributed by atoms with van der Waals surface area (Å²) in [4.78, 5) is 16.9. The number of aromatic nitrogens is 4. The van der Waals surface area contributed by atoms with E-state index in [-0.39, 0.29) is 11.7 Å². The summed E-state index contributed by atoms with van der Waals surface area (Å²) in [6, 6.07) is 14.9. The van der Waals surface area contributed by atoms with Crippen LogP contribution >= 0.6 is 46.3 Å². The zero-order valence-electron chi connectivity index (χ0n) is 16.4. The number of rotatable bonds is 7. The highest BCUT2D eigenvalue weighted by Gasteiger charge is 2.15. The van der Waals surface area contributed by atoms with Crippen molar-refractivity contribution in [3.8, 4) is 22.6 Å². The van der Waals surface area contributed by atoms with Gasteiger partial charge in [0.2, 0.25) is 5.91 Å². The third kappa shape index (κ3) is 5.27. The van der Waals surface area contributed by atoms with Crippen molar-refractivity contribution in [2.75, 3.05) is 11.1 Å². The van der Waals surface area contributed by atoms with Crippen LogP contribution in [0.4, 0.5) is 5.13 Å². The Kier molecular flexibility index (Phi) is 6.92. The number of thioether (sulfide) groups is 1. The third-order valence-electron chi connectivity index (χ3n) is 4.36. The van der Waals surface area contributed by atoms with Crippen molar-refractivity contribution in [1.29, 1.82) is 0 Å². The molecular weight excluding hydrogens is 473 g/mol. The lowest BCUT2D eigenvalue weighted by Gasteiger charge is -2.07. The Balaban J connectivity index is 1.39. The topological polar surface area (TPSA) is 72.7 Å².